The molecule has 2 heterocycles. The molecule has 2 fully saturated rings. The molecule has 0 spiro atoms. The van der Waals surface area contributed by atoms with Gasteiger partial charge in [0.1, 0.15) is 11.5 Å². The topological polar surface area (TPSA) is 70.2 Å². The Morgan fingerprint density at radius 2 is 1.59 bits per heavy atom. The van der Waals surface area contributed by atoms with Crippen molar-refractivity contribution >= 4 is 55.8 Å². The van der Waals surface area contributed by atoms with Gasteiger partial charge in [-0.05, 0) is 72.8 Å². The van der Waals surface area contributed by atoms with Gasteiger partial charge >= 0.3 is 0 Å². The summed E-state index contributed by atoms with van der Waals surface area (Å²) in [6, 6.07) is 21.7. The average Bonchev–Trinajstić information content (AvgIpc) is 3.19. The maximum absolute atomic E-state index is 13.3. The summed E-state index contributed by atoms with van der Waals surface area (Å²) in [5, 5.41) is 0. The van der Waals surface area contributed by atoms with Gasteiger partial charge < -0.3 is 9.64 Å². The normalized spacial score (nSPS) is 18.2. The quantitative estimate of drug-likeness (QED) is 0.285. The molecule has 0 radical (unpaired) electrons. The Morgan fingerprint density at radius 3 is 2.23 bits per heavy atom. The maximum Gasteiger partial charge on any atom is 0.270 e. The first kappa shape index (κ1) is 27.5. The van der Waals surface area contributed by atoms with Crippen molar-refractivity contribution in [3.05, 3.63) is 88.8 Å². The van der Waals surface area contributed by atoms with Crippen LogP contribution in [0.2, 0.25) is 0 Å². The van der Waals surface area contributed by atoms with E-state index in [0.29, 0.717) is 20.7 Å². The fourth-order valence-corrected chi connectivity index (χ4v) is 6.35. The molecule has 1 amide bonds. The number of ether oxygens (including phenoxy) is 1. The zero-order valence-corrected chi connectivity index (χ0v) is 24.2. The van der Waals surface area contributed by atoms with Crippen molar-refractivity contribution in [1.29, 1.82) is 0 Å². The van der Waals surface area contributed by atoms with Gasteiger partial charge in [-0.2, -0.15) is 0 Å². The Kier molecular flexibility index (Phi) is 8.20. The second kappa shape index (κ2) is 11.6. The Morgan fingerprint density at radius 1 is 0.949 bits per heavy atom. The van der Waals surface area contributed by atoms with Crippen molar-refractivity contribution in [1.82, 2.24) is 9.80 Å². The molecule has 7 nitrogen and oxygen atoms in total. The minimum absolute atomic E-state index is 0.131. The van der Waals surface area contributed by atoms with Crippen LogP contribution in [0, 0.1) is 0 Å². The van der Waals surface area contributed by atoms with Crippen LogP contribution in [-0.4, -0.2) is 67.9 Å². The number of anilines is 1. The number of likely N-dealkylation sites (N-methyl/N-ethyl adjacent to an activating group) is 1. The molecule has 0 atom stereocenters. The van der Waals surface area contributed by atoms with Crippen molar-refractivity contribution in [2.24, 2.45) is 0 Å². The molecule has 0 saturated carbocycles. The van der Waals surface area contributed by atoms with Crippen LogP contribution in [0.15, 0.2) is 82.6 Å². The molecule has 0 unspecified atom stereocenters. The van der Waals surface area contributed by atoms with E-state index in [4.69, 9.17) is 17.0 Å². The highest BCUT2D eigenvalue weighted by Gasteiger charge is 2.33. The summed E-state index contributed by atoms with van der Waals surface area (Å²) in [6.07, 6.45) is 3.00. The highest BCUT2D eigenvalue weighted by molar-refractivity contribution is 8.27. The first-order chi connectivity index (χ1) is 18.7. The van der Waals surface area contributed by atoms with Gasteiger partial charge in [0.25, 0.3) is 5.91 Å². The molecular weight excluding hydrogens is 551 g/mol. The third kappa shape index (κ3) is 6.77. The summed E-state index contributed by atoms with van der Waals surface area (Å²) >= 11 is 6.89. The van der Waals surface area contributed by atoms with Gasteiger partial charge in [-0.15, -0.1) is 0 Å². The third-order valence-corrected chi connectivity index (χ3v) is 9.06. The third-order valence-electron chi connectivity index (χ3n) is 6.63. The SMILES string of the molecule is CN1CCN(Cc2cccc(N3C(=O)C(=Cc4ccc(Oc5ccc(S(C)(=O)=O)cc5)cc4)SC3=S)c2)CC1. The fraction of sp³-hybridized carbons (Fsp3) is 0.241. The number of hydrogen-bond donors (Lipinski definition) is 0. The molecule has 5 rings (SSSR count). The molecule has 3 aromatic carbocycles. The van der Waals surface area contributed by atoms with Crippen molar-refractivity contribution < 1.29 is 17.9 Å². The maximum atomic E-state index is 13.3. The molecule has 2 aliphatic heterocycles. The monoisotopic (exact) mass is 579 g/mol. The lowest BCUT2D eigenvalue weighted by Crippen LogP contribution is -2.43. The Balaban J connectivity index is 1.25. The van der Waals surface area contributed by atoms with E-state index in [1.807, 2.05) is 30.3 Å². The highest BCUT2D eigenvalue weighted by atomic mass is 32.2. The number of carbonyl (C=O) groups is 1. The van der Waals surface area contributed by atoms with Crippen LogP contribution in [0.25, 0.3) is 6.08 Å². The number of piperazine rings is 1. The minimum atomic E-state index is -3.26. The lowest BCUT2D eigenvalue weighted by atomic mass is 10.1. The van der Waals surface area contributed by atoms with Crippen LogP contribution in [0.5, 0.6) is 11.5 Å². The van der Waals surface area contributed by atoms with Gasteiger partial charge in [-0.25, -0.2) is 8.42 Å². The second-order valence-corrected chi connectivity index (χ2v) is 13.4. The zero-order chi connectivity index (χ0) is 27.6. The van der Waals surface area contributed by atoms with Crippen LogP contribution in [-0.2, 0) is 21.2 Å². The summed E-state index contributed by atoms with van der Waals surface area (Å²) in [5.41, 5.74) is 2.80. The summed E-state index contributed by atoms with van der Waals surface area (Å²) in [4.78, 5) is 20.5. The van der Waals surface area contributed by atoms with Crippen molar-refractivity contribution in [2.75, 3.05) is 44.4 Å². The number of benzene rings is 3. The van der Waals surface area contributed by atoms with E-state index in [1.165, 1.54) is 30.2 Å². The minimum Gasteiger partial charge on any atom is -0.457 e. The van der Waals surface area contributed by atoms with Crippen LogP contribution < -0.4 is 9.64 Å². The van der Waals surface area contributed by atoms with Gasteiger partial charge in [0.15, 0.2) is 14.2 Å². The molecule has 202 valence electrons. The van der Waals surface area contributed by atoms with E-state index >= 15 is 0 Å². The van der Waals surface area contributed by atoms with Gasteiger partial charge in [0.05, 0.1) is 15.5 Å². The fourth-order valence-electron chi connectivity index (χ4n) is 4.42. The van der Waals surface area contributed by atoms with Gasteiger partial charge in [0, 0.05) is 39.0 Å². The number of hydrogen-bond acceptors (Lipinski definition) is 8. The van der Waals surface area contributed by atoms with Crippen LogP contribution in [0.1, 0.15) is 11.1 Å². The molecule has 2 aliphatic rings. The molecular formula is C29H29N3O4S3. The molecule has 39 heavy (non-hydrogen) atoms. The van der Waals surface area contributed by atoms with Crippen LogP contribution >= 0.6 is 24.0 Å². The number of thioether (sulfide) groups is 1. The van der Waals surface area contributed by atoms with Crippen LogP contribution in [0.3, 0.4) is 0 Å². The van der Waals surface area contributed by atoms with E-state index in [9.17, 15) is 13.2 Å². The molecule has 0 bridgehead atoms. The average molecular weight is 580 g/mol. The Hall–Kier alpha value is -3.02. The summed E-state index contributed by atoms with van der Waals surface area (Å²) in [6.45, 7) is 5.03. The highest BCUT2D eigenvalue weighted by Crippen LogP contribution is 2.36. The summed E-state index contributed by atoms with van der Waals surface area (Å²) in [5.74, 6) is 1.00. The number of carbonyl (C=O) groups excluding carboxylic acids is 1. The predicted octanol–water partition coefficient (Wildman–Crippen LogP) is 5.04. The zero-order valence-electron chi connectivity index (χ0n) is 21.7. The summed E-state index contributed by atoms with van der Waals surface area (Å²) in [7, 11) is -1.11. The Bertz CT molecular complexity index is 1510. The molecule has 0 N–H and O–H groups in total. The Labute approximate surface area is 239 Å². The number of thiocarbonyl (C=S) groups is 1. The molecule has 10 heteroatoms. The first-order valence-corrected chi connectivity index (χ1v) is 15.6. The van der Waals surface area contributed by atoms with Gasteiger partial charge in [-0.1, -0.05) is 48.2 Å². The molecule has 2 saturated heterocycles. The lowest BCUT2D eigenvalue weighted by molar-refractivity contribution is -0.113. The van der Waals surface area contributed by atoms with Gasteiger partial charge in [-0.3, -0.25) is 14.6 Å². The van der Waals surface area contributed by atoms with E-state index in [-0.39, 0.29) is 10.8 Å². The molecule has 0 aliphatic carbocycles. The number of nitrogens with zero attached hydrogens (tertiary/aromatic N) is 3. The second-order valence-electron chi connectivity index (χ2n) is 9.68. The smallest absolute Gasteiger partial charge is 0.270 e. The van der Waals surface area contributed by atoms with E-state index in [1.54, 1.807) is 29.2 Å². The van der Waals surface area contributed by atoms with Crippen LogP contribution in [0.4, 0.5) is 5.69 Å². The molecule has 0 aromatic heterocycles. The van der Waals surface area contributed by atoms with Crippen molar-refractivity contribution in [2.45, 2.75) is 11.4 Å². The first-order valence-electron chi connectivity index (χ1n) is 12.5. The number of amides is 1. The van der Waals surface area contributed by atoms with E-state index < -0.39 is 9.84 Å². The predicted molar refractivity (Wildman–Crippen MR) is 161 cm³/mol. The standard InChI is InChI=1S/C29H29N3O4S3/c1-30-14-16-31(17-15-30)20-22-4-3-5-23(18-22)32-28(33)27(38-29(32)37)19-21-6-8-24(9-7-21)36-25-10-12-26(13-11-25)39(2,34)35/h3-13,18-19H,14-17,20H2,1-2H3. The number of rotatable bonds is 7. The van der Waals surface area contributed by atoms with Crippen molar-refractivity contribution in [3.8, 4) is 11.5 Å². The van der Waals surface area contributed by atoms with Crippen molar-refractivity contribution in [3.63, 3.8) is 0 Å². The van der Waals surface area contributed by atoms with Gasteiger partial charge in [0.2, 0.25) is 0 Å². The van der Waals surface area contributed by atoms with E-state index in [2.05, 4.69) is 29.0 Å². The lowest BCUT2D eigenvalue weighted by Gasteiger charge is -2.32. The largest absolute Gasteiger partial charge is 0.457 e. The number of sulfone groups is 1. The molecule has 3 aromatic rings. The van der Waals surface area contributed by atoms with E-state index in [0.717, 1.165) is 49.5 Å². The summed E-state index contributed by atoms with van der Waals surface area (Å²) < 4.78 is 29.6.